The van der Waals surface area contributed by atoms with Crippen LogP contribution in [0.3, 0.4) is 0 Å². The third-order valence-corrected chi connectivity index (χ3v) is 4.56. The van der Waals surface area contributed by atoms with Crippen LogP contribution < -0.4 is 5.32 Å². The van der Waals surface area contributed by atoms with E-state index in [0.717, 1.165) is 30.5 Å². The van der Waals surface area contributed by atoms with Gasteiger partial charge >= 0.3 is 0 Å². The highest BCUT2D eigenvalue weighted by Crippen LogP contribution is 2.23. The number of rotatable bonds is 4. The first-order chi connectivity index (χ1) is 13.6. The maximum atomic E-state index is 13.5. The molecular weight excluding hydrogens is 362 g/mol. The van der Waals surface area contributed by atoms with Gasteiger partial charge in [-0.2, -0.15) is 0 Å². The molecule has 1 amide bonds. The molecular formula is C21H18F2N4O. The Morgan fingerprint density at radius 2 is 1.68 bits per heavy atom. The molecule has 7 heteroatoms. The molecule has 2 aromatic carbocycles. The minimum Gasteiger partial charge on any atom is -0.340 e. The summed E-state index contributed by atoms with van der Waals surface area (Å²) in [7, 11) is 0. The van der Waals surface area contributed by atoms with Gasteiger partial charge in [0.05, 0.1) is 0 Å². The van der Waals surface area contributed by atoms with Gasteiger partial charge in [-0.3, -0.25) is 4.79 Å². The Labute approximate surface area is 161 Å². The maximum absolute atomic E-state index is 13.5. The first kappa shape index (κ1) is 18.0. The van der Waals surface area contributed by atoms with E-state index in [4.69, 9.17) is 0 Å². The number of benzene rings is 2. The van der Waals surface area contributed by atoms with Gasteiger partial charge < -0.3 is 10.2 Å². The number of amides is 1. The van der Waals surface area contributed by atoms with Gasteiger partial charge in [-0.05, 0) is 25.0 Å². The number of halogens is 2. The minimum absolute atomic E-state index is 0.162. The highest BCUT2D eigenvalue weighted by atomic mass is 19.2. The van der Waals surface area contributed by atoms with E-state index in [-0.39, 0.29) is 11.6 Å². The zero-order chi connectivity index (χ0) is 19.5. The van der Waals surface area contributed by atoms with Crippen LogP contribution in [-0.4, -0.2) is 33.9 Å². The van der Waals surface area contributed by atoms with Crippen molar-refractivity contribution in [3.05, 3.63) is 71.9 Å². The highest BCUT2D eigenvalue weighted by molar-refractivity contribution is 5.93. The number of carbonyl (C=O) groups is 1. The van der Waals surface area contributed by atoms with Crippen LogP contribution in [0.1, 0.15) is 23.3 Å². The molecule has 1 aliphatic heterocycles. The summed E-state index contributed by atoms with van der Waals surface area (Å²) in [6.07, 6.45) is 1.95. The first-order valence-corrected chi connectivity index (χ1v) is 9.06. The molecule has 0 atom stereocenters. The average molecular weight is 380 g/mol. The van der Waals surface area contributed by atoms with Gasteiger partial charge in [0.25, 0.3) is 5.91 Å². The fourth-order valence-electron chi connectivity index (χ4n) is 3.14. The molecule has 4 rings (SSSR count). The van der Waals surface area contributed by atoms with Gasteiger partial charge in [-0.1, -0.05) is 30.3 Å². The molecule has 1 aliphatic rings. The summed E-state index contributed by atoms with van der Waals surface area (Å²) < 4.78 is 26.7. The van der Waals surface area contributed by atoms with E-state index in [1.807, 2.05) is 30.3 Å². The van der Waals surface area contributed by atoms with Crippen molar-refractivity contribution in [2.45, 2.75) is 12.8 Å². The Morgan fingerprint density at radius 3 is 2.39 bits per heavy atom. The summed E-state index contributed by atoms with van der Waals surface area (Å²) in [5, 5.41) is 2.94. The second-order valence-corrected chi connectivity index (χ2v) is 6.58. The van der Waals surface area contributed by atoms with Crippen LogP contribution in [0.5, 0.6) is 0 Å². The Kier molecular flexibility index (Phi) is 4.97. The summed E-state index contributed by atoms with van der Waals surface area (Å²) >= 11 is 0. The largest absolute Gasteiger partial charge is 0.340 e. The highest BCUT2D eigenvalue weighted by Gasteiger charge is 2.22. The van der Waals surface area contributed by atoms with Crippen LogP contribution in [0.25, 0.3) is 11.4 Å². The third-order valence-electron chi connectivity index (χ3n) is 4.56. The molecule has 0 unspecified atom stereocenters. The molecule has 2 heterocycles. The molecule has 5 nitrogen and oxygen atoms in total. The molecule has 0 bridgehead atoms. The topological polar surface area (TPSA) is 58.1 Å². The lowest BCUT2D eigenvalue weighted by Crippen LogP contribution is -2.28. The van der Waals surface area contributed by atoms with Crippen LogP contribution in [0.15, 0.2) is 54.6 Å². The number of anilines is 2. The van der Waals surface area contributed by atoms with Gasteiger partial charge in [0.15, 0.2) is 17.5 Å². The molecule has 1 fully saturated rings. The molecule has 1 saturated heterocycles. The summed E-state index contributed by atoms with van der Waals surface area (Å²) in [4.78, 5) is 23.5. The minimum atomic E-state index is -0.962. The van der Waals surface area contributed by atoms with E-state index in [2.05, 4.69) is 15.3 Å². The maximum Gasteiger partial charge on any atom is 0.272 e. The van der Waals surface area contributed by atoms with E-state index in [1.165, 1.54) is 12.1 Å². The zero-order valence-electron chi connectivity index (χ0n) is 15.0. The molecule has 1 N–H and O–H groups in total. The summed E-state index contributed by atoms with van der Waals surface area (Å²) in [5.41, 5.74) is 1.35. The molecule has 0 spiro atoms. The Balaban J connectivity index is 1.72. The van der Waals surface area contributed by atoms with Crippen molar-refractivity contribution in [1.29, 1.82) is 0 Å². The number of aromatic nitrogens is 2. The van der Waals surface area contributed by atoms with Gasteiger partial charge in [0.2, 0.25) is 0 Å². The predicted octanol–water partition coefficient (Wildman–Crippen LogP) is 4.40. The van der Waals surface area contributed by atoms with Crippen LogP contribution in [0.2, 0.25) is 0 Å². The summed E-state index contributed by atoms with van der Waals surface area (Å²) in [6.45, 7) is 1.41. The average Bonchev–Trinajstić information content (AvgIpc) is 3.25. The van der Waals surface area contributed by atoms with E-state index in [0.29, 0.717) is 30.4 Å². The van der Waals surface area contributed by atoms with Gasteiger partial charge in [0, 0.05) is 36.5 Å². The van der Waals surface area contributed by atoms with Crippen molar-refractivity contribution in [2.24, 2.45) is 0 Å². The molecule has 0 aliphatic carbocycles. The van der Waals surface area contributed by atoms with Crippen molar-refractivity contribution in [3.8, 4) is 11.4 Å². The quantitative estimate of drug-likeness (QED) is 0.729. The number of hydrogen-bond acceptors (Lipinski definition) is 4. The summed E-state index contributed by atoms with van der Waals surface area (Å²) in [6, 6.07) is 14.3. The number of hydrogen-bond donors (Lipinski definition) is 1. The predicted molar refractivity (Wildman–Crippen MR) is 102 cm³/mol. The van der Waals surface area contributed by atoms with E-state index in [9.17, 15) is 13.6 Å². The lowest BCUT2D eigenvalue weighted by atomic mass is 10.2. The van der Waals surface area contributed by atoms with Crippen molar-refractivity contribution < 1.29 is 13.6 Å². The number of carbonyl (C=O) groups excluding carboxylic acids is 1. The normalized spacial score (nSPS) is 13.6. The fraction of sp³-hybridized carbons (Fsp3) is 0.190. The second-order valence-electron chi connectivity index (χ2n) is 6.58. The van der Waals surface area contributed by atoms with E-state index in [1.54, 1.807) is 4.90 Å². The summed E-state index contributed by atoms with van der Waals surface area (Å²) in [5.74, 6) is -1.33. The second kappa shape index (κ2) is 7.72. The molecule has 0 saturated carbocycles. The standard InChI is InChI=1S/C21H18F2N4O/c22-16-9-8-15(12-17(16)23)24-19-13-18(21(28)27-10-4-5-11-27)25-20(26-19)14-6-2-1-3-7-14/h1-3,6-9,12-13H,4-5,10-11H2,(H,24,25,26). The Hall–Kier alpha value is -3.35. The van der Waals surface area contributed by atoms with Gasteiger partial charge in [0.1, 0.15) is 11.5 Å². The van der Waals surface area contributed by atoms with E-state index < -0.39 is 11.6 Å². The smallest absolute Gasteiger partial charge is 0.272 e. The van der Waals surface area contributed by atoms with Crippen molar-refractivity contribution in [3.63, 3.8) is 0 Å². The van der Waals surface area contributed by atoms with Gasteiger partial charge in [-0.25, -0.2) is 18.7 Å². The molecule has 3 aromatic rings. The SMILES string of the molecule is O=C(c1cc(Nc2ccc(F)c(F)c2)nc(-c2ccccc2)n1)N1CCCC1. The van der Waals surface area contributed by atoms with Crippen LogP contribution in [0, 0.1) is 11.6 Å². The van der Waals surface area contributed by atoms with Crippen LogP contribution in [-0.2, 0) is 0 Å². The van der Waals surface area contributed by atoms with E-state index >= 15 is 0 Å². The first-order valence-electron chi connectivity index (χ1n) is 9.06. The molecule has 0 radical (unpaired) electrons. The monoisotopic (exact) mass is 380 g/mol. The van der Waals surface area contributed by atoms with Crippen molar-refractivity contribution in [1.82, 2.24) is 14.9 Å². The van der Waals surface area contributed by atoms with Crippen LogP contribution >= 0.6 is 0 Å². The fourth-order valence-corrected chi connectivity index (χ4v) is 3.14. The number of nitrogens with zero attached hydrogens (tertiary/aromatic N) is 3. The van der Waals surface area contributed by atoms with Crippen LogP contribution in [0.4, 0.5) is 20.3 Å². The van der Waals surface area contributed by atoms with Crippen molar-refractivity contribution >= 4 is 17.4 Å². The Bertz CT molecular complexity index is 1000. The van der Waals surface area contributed by atoms with Gasteiger partial charge in [-0.15, -0.1) is 0 Å². The Morgan fingerprint density at radius 1 is 0.929 bits per heavy atom. The lowest BCUT2D eigenvalue weighted by Gasteiger charge is -2.16. The molecule has 142 valence electrons. The van der Waals surface area contributed by atoms with Crippen molar-refractivity contribution in [2.75, 3.05) is 18.4 Å². The zero-order valence-corrected chi connectivity index (χ0v) is 15.0. The molecule has 1 aromatic heterocycles. The lowest BCUT2D eigenvalue weighted by molar-refractivity contribution is 0.0787. The number of likely N-dealkylation sites (tertiary alicyclic amines) is 1. The third kappa shape index (κ3) is 3.83. The molecule has 28 heavy (non-hydrogen) atoms. The number of nitrogens with one attached hydrogen (secondary N) is 1.